The van der Waals surface area contributed by atoms with E-state index < -0.39 is 0 Å². The van der Waals surface area contributed by atoms with Gasteiger partial charge in [-0.05, 0) is 45.1 Å². The molecule has 19 heavy (non-hydrogen) atoms. The average molecular weight is 262 g/mol. The summed E-state index contributed by atoms with van der Waals surface area (Å²) in [5, 5.41) is 12.0. The Morgan fingerprint density at radius 3 is 2.63 bits per heavy atom. The molecule has 1 aliphatic heterocycles. The fourth-order valence-electron chi connectivity index (χ4n) is 2.63. The van der Waals surface area contributed by atoms with Gasteiger partial charge in [-0.3, -0.25) is 0 Å². The van der Waals surface area contributed by atoms with Gasteiger partial charge in [0.1, 0.15) is 0 Å². The molecule has 104 valence electrons. The molecule has 3 N–H and O–H groups in total. The van der Waals surface area contributed by atoms with E-state index in [9.17, 15) is 0 Å². The zero-order valence-electron chi connectivity index (χ0n) is 11.6. The number of hydrogen-bond donors (Lipinski definition) is 2. The van der Waals surface area contributed by atoms with Crippen LogP contribution in [0.4, 0.5) is 5.69 Å². The highest BCUT2D eigenvalue weighted by Gasteiger charge is 2.22. The second-order valence-electron chi connectivity index (χ2n) is 5.15. The van der Waals surface area contributed by atoms with Crippen molar-refractivity contribution in [3.63, 3.8) is 0 Å². The Bertz CT molecular complexity index is 453. The van der Waals surface area contributed by atoms with Crippen LogP contribution in [0.3, 0.4) is 0 Å². The minimum atomic E-state index is 0.162. The van der Waals surface area contributed by atoms with Crippen LogP contribution in [0.15, 0.2) is 29.4 Å². The first-order valence-electron chi connectivity index (χ1n) is 6.61. The zero-order chi connectivity index (χ0) is 13.8. The van der Waals surface area contributed by atoms with Crippen LogP contribution in [0.25, 0.3) is 0 Å². The smallest absolute Gasteiger partial charge is 0.172 e. The standard InChI is InChI=1S/C14H22N4O/c1-17-9-7-11(8-10-17)18(2)13-6-4-3-5-12(13)14(15)16-19/h3-6,11,19H,7-10H2,1-2H3,(H2,15,16). The molecule has 0 aliphatic carbocycles. The number of likely N-dealkylation sites (tertiary alicyclic amines) is 1. The summed E-state index contributed by atoms with van der Waals surface area (Å²) in [6.07, 6.45) is 2.27. The average Bonchev–Trinajstić information content (AvgIpc) is 2.46. The molecule has 0 aromatic heterocycles. The molecule has 1 heterocycles. The molecule has 0 spiro atoms. The summed E-state index contributed by atoms with van der Waals surface area (Å²) < 4.78 is 0. The van der Waals surface area contributed by atoms with E-state index in [1.165, 1.54) is 0 Å². The van der Waals surface area contributed by atoms with Crippen molar-refractivity contribution in [1.29, 1.82) is 0 Å². The first-order chi connectivity index (χ1) is 9.13. The molecule has 0 radical (unpaired) electrons. The van der Waals surface area contributed by atoms with Crippen molar-refractivity contribution in [2.75, 3.05) is 32.1 Å². The molecule has 0 bridgehead atoms. The number of oxime groups is 1. The predicted octanol–water partition coefficient (Wildman–Crippen LogP) is 1.31. The Balaban J connectivity index is 2.21. The predicted molar refractivity (Wildman–Crippen MR) is 77.9 cm³/mol. The van der Waals surface area contributed by atoms with Crippen molar-refractivity contribution in [3.05, 3.63) is 29.8 Å². The Labute approximate surface area is 114 Å². The lowest BCUT2D eigenvalue weighted by Crippen LogP contribution is -2.42. The number of hydrogen-bond acceptors (Lipinski definition) is 4. The Morgan fingerprint density at radius 2 is 2.00 bits per heavy atom. The molecule has 0 unspecified atom stereocenters. The maximum absolute atomic E-state index is 8.88. The third kappa shape index (κ3) is 2.98. The van der Waals surface area contributed by atoms with Gasteiger partial charge in [0.25, 0.3) is 0 Å². The number of rotatable bonds is 3. The van der Waals surface area contributed by atoms with Gasteiger partial charge in [-0.2, -0.15) is 0 Å². The SMILES string of the molecule is CN1CCC(N(C)c2ccccc2/C(N)=N/O)CC1. The van der Waals surface area contributed by atoms with E-state index in [2.05, 4.69) is 29.1 Å². The molecule has 1 aromatic carbocycles. The van der Waals surface area contributed by atoms with Gasteiger partial charge in [0.05, 0.1) is 0 Å². The number of nitrogens with zero attached hydrogens (tertiary/aromatic N) is 3. The van der Waals surface area contributed by atoms with Crippen LogP contribution in [0.1, 0.15) is 18.4 Å². The van der Waals surface area contributed by atoms with Gasteiger partial charge in [-0.1, -0.05) is 17.3 Å². The van der Waals surface area contributed by atoms with E-state index in [1.807, 2.05) is 24.3 Å². The fraction of sp³-hybridized carbons (Fsp3) is 0.500. The zero-order valence-corrected chi connectivity index (χ0v) is 11.6. The number of amidine groups is 1. The molecule has 5 heteroatoms. The highest BCUT2D eigenvalue weighted by molar-refractivity contribution is 6.02. The molecule has 0 saturated carbocycles. The van der Waals surface area contributed by atoms with E-state index in [0.29, 0.717) is 6.04 Å². The minimum absolute atomic E-state index is 0.162. The van der Waals surface area contributed by atoms with E-state index >= 15 is 0 Å². The highest BCUT2D eigenvalue weighted by Crippen LogP contribution is 2.25. The molecule has 1 aliphatic rings. The van der Waals surface area contributed by atoms with Gasteiger partial charge in [0.2, 0.25) is 0 Å². The largest absolute Gasteiger partial charge is 0.409 e. The van der Waals surface area contributed by atoms with Crippen molar-refractivity contribution in [2.24, 2.45) is 10.9 Å². The summed E-state index contributed by atoms with van der Waals surface area (Å²) in [6.45, 7) is 2.22. The van der Waals surface area contributed by atoms with Gasteiger partial charge in [0, 0.05) is 24.3 Å². The number of nitrogens with two attached hydrogens (primary N) is 1. The fourth-order valence-corrected chi connectivity index (χ4v) is 2.63. The van der Waals surface area contributed by atoms with Crippen LogP contribution in [-0.4, -0.2) is 49.2 Å². The summed E-state index contributed by atoms with van der Waals surface area (Å²) in [5.74, 6) is 0.162. The van der Waals surface area contributed by atoms with Crippen LogP contribution >= 0.6 is 0 Å². The number of piperidine rings is 1. The Kier molecular flexibility index (Phi) is 4.27. The van der Waals surface area contributed by atoms with E-state index in [0.717, 1.165) is 37.2 Å². The molecular formula is C14H22N4O. The van der Waals surface area contributed by atoms with Gasteiger partial charge in [-0.25, -0.2) is 0 Å². The van der Waals surface area contributed by atoms with Gasteiger partial charge >= 0.3 is 0 Å². The topological polar surface area (TPSA) is 65.1 Å². The minimum Gasteiger partial charge on any atom is -0.409 e. The summed E-state index contributed by atoms with van der Waals surface area (Å²) in [5.41, 5.74) is 7.55. The Morgan fingerprint density at radius 1 is 1.37 bits per heavy atom. The van der Waals surface area contributed by atoms with Crippen LogP contribution < -0.4 is 10.6 Å². The summed E-state index contributed by atoms with van der Waals surface area (Å²) in [6, 6.07) is 8.29. The van der Waals surface area contributed by atoms with Gasteiger partial charge in [0.15, 0.2) is 5.84 Å². The number of benzene rings is 1. The van der Waals surface area contributed by atoms with Crippen molar-refractivity contribution in [1.82, 2.24) is 4.90 Å². The van der Waals surface area contributed by atoms with Crippen molar-refractivity contribution in [2.45, 2.75) is 18.9 Å². The third-order valence-corrected chi connectivity index (χ3v) is 3.90. The molecule has 0 atom stereocenters. The lowest BCUT2D eigenvalue weighted by molar-refractivity contribution is 0.253. The summed E-state index contributed by atoms with van der Waals surface area (Å²) >= 11 is 0. The van der Waals surface area contributed by atoms with Crippen molar-refractivity contribution < 1.29 is 5.21 Å². The molecule has 1 fully saturated rings. The van der Waals surface area contributed by atoms with Crippen LogP contribution in [0.2, 0.25) is 0 Å². The molecule has 2 rings (SSSR count). The van der Waals surface area contributed by atoms with Gasteiger partial charge < -0.3 is 20.7 Å². The van der Waals surface area contributed by atoms with E-state index in [-0.39, 0.29) is 5.84 Å². The first-order valence-corrected chi connectivity index (χ1v) is 6.61. The monoisotopic (exact) mass is 262 g/mol. The summed E-state index contributed by atoms with van der Waals surface area (Å²) in [7, 11) is 4.24. The molecule has 1 aromatic rings. The van der Waals surface area contributed by atoms with Crippen LogP contribution in [0, 0.1) is 0 Å². The third-order valence-electron chi connectivity index (χ3n) is 3.90. The van der Waals surface area contributed by atoms with E-state index in [4.69, 9.17) is 10.9 Å². The maximum Gasteiger partial charge on any atom is 0.172 e. The van der Waals surface area contributed by atoms with Crippen LogP contribution in [-0.2, 0) is 0 Å². The van der Waals surface area contributed by atoms with E-state index in [1.54, 1.807) is 0 Å². The number of para-hydroxylation sites is 1. The second kappa shape index (κ2) is 5.93. The molecule has 0 amide bonds. The molecule has 1 saturated heterocycles. The van der Waals surface area contributed by atoms with Crippen molar-refractivity contribution in [3.8, 4) is 0 Å². The highest BCUT2D eigenvalue weighted by atomic mass is 16.4. The maximum atomic E-state index is 8.88. The van der Waals surface area contributed by atoms with Crippen molar-refractivity contribution >= 4 is 11.5 Å². The molecular weight excluding hydrogens is 240 g/mol. The summed E-state index contributed by atoms with van der Waals surface area (Å²) in [4.78, 5) is 4.60. The lowest BCUT2D eigenvalue weighted by Gasteiger charge is -2.37. The first kappa shape index (κ1) is 13.7. The van der Waals surface area contributed by atoms with Gasteiger partial charge in [-0.15, -0.1) is 0 Å². The number of anilines is 1. The van der Waals surface area contributed by atoms with Crippen LogP contribution in [0.5, 0.6) is 0 Å². The second-order valence-corrected chi connectivity index (χ2v) is 5.15. The molecule has 5 nitrogen and oxygen atoms in total. The quantitative estimate of drug-likeness (QED) is 0.373. The normalized spacial score (nSPS) is 18.5. The Hall–Kier alpha value is -1.75. The lowest BCUT2D eigenvalue weighted by atomic mass is 10.0.